The van der Waals surface area contributed by atoms with Gasteiger partial charge in [-0.3, -0.25) is 4.31 Å². The van der Waals surface area contributed by atoms with Gasteiger partial charge in [-0.15, -0.1) is 0 Å². The van der Waals surface area contributed by atoms with Crippen LogP contribution < -0.4 is 13.8 Å². The van der Waals surface area contributed by atoms with Crippen LogP contribution in [0.5, 0.6) is 11.5 Å². The summed E-state index contributed by atoms with van der Waals surface area (Å²) in [6, 6.07) is 9.43. The van der Waals surface area contributed by atoms with Crippen LogP contribution in [0.2, 0.25) is 10.0 Å². The summed E-state index contributed by atoms with van der Waals surface area (Å²) in [7, 11) is 0.529. The summed E-state index contributed by atoms with van der Waals surface area (Å²) in [4.78, 5) is -0.0942. The highest BCUT2D eigenvalue weighted by Crippen LogP contribution is 2.38. The monoisotopic (exact) mass is 375 g/mol. The van der Waals surface area contributed by atoms with Crippen LogP contribution >= 0.6 is 23.2 Å². The number of nitrogens with zero attached hydrogens (tertiary/aromatic N) is 1. The third-order valence-electron chi connectivity index (χ3n) is 3.31. The molecular weight excluding hydrogens is 361 g/mol. The van der Waals surface area contributed by atoms with E-state index in [9.17, 15) is 8.42 Å². The van der Waals surface area contributed by atoms with Crippen LogP contribution in [0, 0.1) is 0 Å². The van der Waals surface area contributed by atoms with E-state index in [0.717, 1.165) is 4.31 Å². The summed E-state index contributed by atoms with van der Waals surface area (Å²) >= 11 is 12.1. The Balaban J connectivity index is 2.46. The zero-order valence-corrected chi connectivity index (χ0v) is 15.0. The quantitative estimate of drug-likeness (QED) is 0.796. The minimum atomic E-state index is -3.87. The topological polar surface area (TPSA) is 55.8 Å². The molecule has 0 spiro atoms. The Morgan fingerprint density at radius 2 is 1.52 bits per heavy atom. The molecule has 0 aliphatic heterocycles. The lowest BCUT2D eigenvalue weighted by atomic mass is 10.3. The van der Waals surface area contributed by atoms with Crippen LogP contribution in [0.3, 0.4) is 0 Å². The van der Waals surface area contributed by atoms with E-state index >= 15 is 0 Å². The van der Waals surface area contributed by atoms with Gasteiger partial charge < -0.3 is 9.47 Å². The van der Waals surface area contributed by atoms with Gasteiger partial charge in [0.05, 0.1) is 24.9 Å². The van der Waals surface area contributed by atoms with Gasteiger partial charge in [0.2, 0.25) is 0 Å². The maximum atomic E-state index is 12.8. The average Bonchev–Trinajstić information content (AvgIpc) is 2.56. The van der Waals surface area contributed by atoms with Crippen LogP contribution in [0.1, 0.15) is 0 Å². The van der Waals surface area contributed by atoms with Crippen molar-refractivity contribution in [2.75, 3.05) is 25.6 Å². The molecule has 0 N–H and O–H groups in total. The molecule has 2 rings (SSSR count). The Kier molecular flexibility index (Phi) is 5.29. The third-order valence-corrected chi connectivity index (χ3v) is 6.11. The molecule has 8 heteroatoms. The summed E-state index contributed by atoms with van der Waals surface area (Å²) in [5.41, 5.74) is 0.466. The molecule has 0 bridgehead atoms. The van der Waals surface area contributed by atoms with E-state index in [1.807, 2.05) is 0 Å². The Labute approximate surface area is 145 Å². The number of hydrogen-bond acceptors (Lipinski definition) is 4. The maximum absolute atomic E-state index is 12.8. The zero-order chi connectivity index (χ0) is 17.2. The van der Waals surface area contributed by atoms with E-state index in [1.54, 1.807) is 24.3 Å². The molecule has 23 heavy (non-hydrogen) atoms. The lowest BCUT2D eigenvalue weighted by Gasteiger charge is -2.21. The van der Waals surface area contributed by atoms with E-state index in [-0.39, 0.29) is 14.9 Å². The highest BCUT2D eigenvalue weighted by atomic mass is 35.5. The van der Waals surface area contributed by atoms with E-state index < -0.39 is 10.0 Å². The van der Waals surface area contributed by atoms with Crippen molar-refractivity contribution in [3.8, 4) is 11.5 Å². The number of rotatable bonds is 5. The molecule has 5 nitrogen and oxygen atoms in total. The molecule has 0 aliphatic carbocycles. The molecule has 0 aromatic heterocycles. The first kappa shape index (κ1) is 17.7. The van der Waals surface area contributed by atoms with Gasteiger partial charge in [0.15, 0.2) is 0 Å². The normalized spacial score (nSPS) is 11.2. The molecule has 0 fully saturated rings. The summed E-state index contributed by atoms with van der Waals surface area (Å²) in [5.74, 6) is 0.938. The molecule has 2 aromatic carbocycles. The van der Waals surface area contributed by atoms with Crippen molar-refractivity contribution >= 4 is 38.9 Å². The minimum absolute atomic E-state index is 0.0540. The van der Waals surface area contributed by atoms with E-state index in [1.165, 1.54) is 33.4 Å². The number of methoxy groups -OCH3 is 2. The van der Waals surface area contributed by atoms with Crippen LogP contribution in [-0.4, -0.2) is 29.7 Å². The number of benzene rings is 2. The Morgan fingerprint density at radius 3 is 2.04 bits per heavy atom. The standard InChI is InChI=1S/C15H15Cl2NO4S/c1-18(10-4-6-11(21-2)7-5-10)23(19,20)13-9-8-12(22-3)14(16)15(13)17/h4-9H,1-3H3. The fraction of sp³-hybridized carbons (Fsp3) is 0.200. The Bertz CT molecular complexity index is 807. The van der Waals surface area contributed by atoms with Gasteiger partial charge in [0, 0.05) is 7.05 Å². The predicted octanol–water partition coefficient (Wildman–Crippen LogP) is 3.84. The minimum Gasteiger partial charge on any atom is -0.497 e. The number of anilines is 1. The van der Waals surface area contributed by atoms with E-state index in [2.05, 4.69) is 0 Å². The number of sulfonamides is 1. The van der Waals surface area contributed by atoms with Gasteiger partial charge in [-0.1, -0.05) is 23.2 Å². The van der Waals surface area contributed by atoms with Crippen LogP contribution in [0.4, 0.5) is 5.69 Å². The van der Waals surface area contributed by atoms with Crippen molar-refractivity contribution in [2.45, 2.75) is 4.90 Å². The highest BCUT2D eigenvalue weighted by Gasteiger charge is 2.26. The van der Waals surface area contributed by atoms with Crippen molar-refractivity contribution in [1.29, 1.82) is 0 Å². The van der Waals surface area contributed by atoms with E-state index in [4.69, 9.17) is 32.7 Å². The first-order valence-electron chi connectivity index (χ1n) is 6.48. The second-order valence-corrected chi connectivity index (χ2v) is 7.26. The van der Waals surface area contributed by atoms with Gasteiger partial charge >= 0.3 is 0 Å². The molecular formula is C15H15Cl2NO4S. The van der Waals surface area contributed by atoms with Gasteiger partial charge in [-0.25, -0.2) is 8.42 Å². The van der Waals surface area contributed by atoms with E-state index in [0.29, 0.717) is 17.2 Å². The largest absolute Gasteiger partial charge is 0.497 e. The van der Waals surface area contributed by atoms with Crippen molar-refractivity contribution in [2.24, 2.45) is 0 Å². The molecule has 124 valence electrons. The van der Waals surface area contributed by atoms with Gasteiger partial charge in [0.25, 0.3) is 10.0 Å². The smallest absolute Gasteiger partial charge is 0.265 e. The number of halogens is 2. The van der Waals surface area contributed by atoms with Gasteiger partial charge in [0.1, 0.15) is 21.4 Å². The Hall–Kier alpha value is -1.63. The average molecular weight is 376 g/mol. The molecule has 0 heterocycles. The molecule has 0 amide bonds. The fourth-order valence-electron chi connectivity index (χ4n) is 1.95. The second kappa shape index (κ2) is 6.86. The van der Waals surface area contributed by atoms with Crippen LogP contribution in [0.25, 0.3) is 0 Å². The predicted molar refractivity (Wildman–Crippen MR) is 91.6 cm³/mol. The van der Waals surface area contributed by atoms with Gasteiger partial charge in [-0.05, 0) is 36.4 Å². The van der Waals surface area contributed by atoms with Crippen molar-refractivity contribution in [1.82, 2.24) is 0 Å². The summed E-state index contributed by atoms with van der Waals surface area (Å²) in [6.07, 6.45) is 0. The summed E-state index contributed by atoms with van der Waals surface area (Å²) in [6.45, 7) is 0. The Morgan fingerprint density at radius 1 is 0.913 bits per heavy atom. The molecule has 0 radical (unpaired) electrons. The lowest BCUT2D eigenvalue weighted by Crippen LogP contribution is -2.26. The fourth-order valence-corrected chi connectivity index (χ4v) is 3.96. The molecule has 0 atom stereocenters. The van der Waals surface area contributed by atoms with Crippen molar-refractivity contribution in [3.63, 3.8) is 0 Å². The SMILES string of the molecule is COc1ccc(N(C)S(=O)(=O)c2ccc(OC)c(Cl)c2Cl)cc1. The molecule has 0 saturated carbocycles. The number of ether oxygens (including phenoxy) is 2. The first-order chi connectivity index (χ1) is 10.8. The molecule has 2 aromatic rings. The summed E-state index contributed by atoms with van der Waals surface area (Å²) < 4.78 is 36.7. The first-order valence-corrected chi connectivity index (χ1v) is 8.67. The molecule has 0 saturated heterocycles. The van der Waals surface area contributed by atoms with Gasteiger partial charge in [-0.2, -0.15) is 0 Å². The molecule has 0 unspecified atom stereocenters. The maximum Gasteiger partial charge on any atom is 0.265 e. The van der Waals surface area contributed by atoms with Crippen molar-refractivity contribution in [3.05, 3.63) is 46.4 Å². The highest BCUT2D eigenvalue weighted by molar-refractivity contribution is 7.93. The van der Waals surface area contributed by atoms with Crippen LogP contribution in [0.15, 0.2) is 41.3 Å². The zero-order valence-electron chi connectivity index (χ0n) is 12.7. The third kappa shape index (κ3) is 3.34. The summed E-state index contributed by atoms with van der Waals surface area (Å²) in [5, 5.41) is -0.0234. The van der Waals surface area contributed by atoms with Crippen LogP contribution in [-0.2, 0) is 10.0 Å². The van der Waals surface area contributed by atoms with Crippen molar-refractivity contribution < 1.29 is 17.9 Å². The number of hydrogen-bond donors (Lipinski definition) is 0. The second-order valence-electron chi connectivity index (χ2n) is 4.56. The lowest BCUT2D eigenvalue weighted by molar-refractivity contribution is 0.414. The molecule has 0 aliphatic rings.